The Kier molecular flexibility index (Phi) is 8.05. The van der Waals surface area contributed by atoms with E-state index in [1.165, 1.54) is 12.4 Å². The van der Waals surface area contributed by atoms with Crippen LogP contribution in [0.2, 0.25) is 0 Å². The predicted molar refractivity (Wildman–Crippen MR) is 153 cm³/mol. The second kappa shape index (κ2) is 12.2. The third-order valence-corrected chi connectivity index (χ3v) is 6.70. The molecular formula is C30H28N6O4. The Balaban J connectivity index is 1.12. The number of hydrazone groups is 2. The Hall–Kier alpha value is -5.12. The zero-order valence-electron chi connectivity index (χ0n) is 21.7. The van der Waals surface area contributed by atoms with Crippen molar-refractivity contribution < 1.29 is 19.2 Å². The van der Waals surface area contributed by atoms with E-state index >= 15 is 0 Å². The number of amides is 4. The van der Waals surface area contributed by atoms with E-state index in [0.29, 0.717) is 37.1 Å². The quantitative estimate of drug-likeness (QED) is 0.338. The highest BCUT2D eigenvalue weighted by Crippen LogP contribution is 2.22. The van der Waals surface area contributed by atoms with Crippen molar-refractivity contribution in [3.63, 3.8) is 0 Å². The summed E-state index contributed by atoms with van der Waals surface area (Å²) in [7, 11) is 0. The van der Waals surface area contributed by atoms with Crippen molar-refractivity contribution in [2.45, 2.75) is 25.7 Å². The summed E-state index contributed by atoms with van der Waals surface area (Å²) < 4.78 is 0. The first kappa shape index (κ1) is 26.5. The van der Waals surface area contributed by atoms with Gasteiger partial charge in [-0.05, 0) is 78.6 Å². The highest BCUT2D eigenvalue weighted by atomic mass is 16.2. The number of carbonyl (C=O) groups is 4. The van der Waals surface area contributed by atoms with Gasteiger partial charge in [0.05, 0.1) is 12.4 Å². The first-order valence-electron chi connectivity index (χ1n) is 13.1. The van der Waals surface area contributed by atoms with E-state index in [1.54, 1.807) is 64.4 Å². The lowest BCUT2D eigenvalue weighted by Gasteiger charge is -2.15. The second-order valence-corrected chi connectivity index (χ2v) is 9.46. The minimum Gasteiger partial charge on any atom is -0.312 e. The molecule has 0 aromatic heterocycles. The summed E-state index contributed by atoms with van der Waals surface area (Å²) in [4.78, 5) is 52.1. The number of rotatable bonds is 8. The van der Waals surface area contributed by atoms with Gasteiger partial charge in [0.25, 0.3) is 11.8 Å². The Labute approximate surface area is 231 Å². The van der Waals surface area contributed by atoms with E-state index in [1.807, 2.05) is 18.2 Å². The van der Waals surface area contributed by atoms with Crippen molar-refractivity contribution in [2.24, 2.45) is 10.2 Å². The Morgan fingerprint density at radius 2 is 1.07 bits per heavy atom. The van der Waals surface area contributed by atoms with Gasteiger partial charge in [-0.3, -0.25) is 19.2 Å². The number of anilines is 2. The molecule has 0 unspecified atom stereocenters. The number of nitrogens with one attached hydrogen (secondary N) is 2. The summed E-state index contributed by atoms with van der Waals surface area (Å²) in [5.74, 6) is -0.538. The molecule has 2 saturated heterocycles. The maximum Gasteiger partial charge on any atom is 0.271 e. The predicted octanol–water partition coefficient (Wildman–Crippen LogP) is 3.47. The van der Waals surface area contributed by atoms with Gasteiger partial charge in [0.1, 0.15) is 0 Å². The Bertz CT molecular complexity index is 1370. The third kappa shape index (κ3) is 6.29. The van der Waals surface area contributed by atoms with Crippen LogP contribution in [0.1, 0.15) is 57.5 Å². The van der Waals surface area contributed by atoms with Crippen LogP contribution < -0.4 is 20.7 Å². The standard InChI is InChI=1S/C30H28N6O4/c37-27-6-2-16-35(27)25-12-8-23(9-13-25)29(39)33-31-19-21-4-1-5-22(18-21)20-32-34-30(40)24-10-14-26(15-11-24)36-17-3-7-28(36)38/h1,4-5,8-15,18-20H,2-3,6-7,16-17H2,(H,33,39)(H,34,40)/b31-19+,32-20+. The SMILES string of the molecule is O=C(N/N=C/c1cccc(/C=N/NC(=O)c2ccc(N3CCCC3=O)cc2)c1)c1ccc(N2CCCC2=O)cc1. The molecule has 2 heterocycles. The van der Waals surface area contributed by atoms with E-state index in [2.05, 4.69) is 21.1 Å². The van der Waals surface area contributed by atoms with Crippen LogP contribution in [0.25, 0.3) is 0 Å². The van der Waals surface area contributed by atoms with Gasteiger partial charge >= 0.3 is 0 Å². The molecule has 202 valence electrons. The average molecular weight is 537 g/mol. The monoisotopic (exact) mass is 536 g/mol. The minimum atomic E-state index is -0.365. The van der Waals surface area contributed by atoms with Crippen molar-refractivity contribution in [3.8, 4) is 0 Å². The molecule has 5 rings (SSSR count). The molecule has 10 nitrogen and oxygen atoms in total. The van der Waals surface area contributed by atoms with Gasteiger partial charge in [-0.25, -0.2) is 10.9 Å². The molecule has 4 amide bonds. The first-order valence-corrected chi connectivity index (χ1v) is 13.1. The largest absolute Gasteiger partial charge is 0.312 e. The van der Waals surface area contributed by atoms with Gasteiger partial charge in [0.15, 0.2) is 0 Å². The number of carbonyl (C=O) groups excluding carboxylic acids is 4. The van der Waals surface area contributed by atoms with E-state index in [4.69, 9.17) is 0 Å². The van der Waals surface area contributed by atoms with E-state index in [9.17, 15) is 19.2 Å². The maximum atomic E-state index is 12.4. The fourth-order valence-electron chi connectivity index (χ4n) is 4.61. The zero-order valence-corrected chi connectivity index (χ0v) is 21.7. The highest BCUT2D eigenvalue weighted by molar-refractivity contribution is 5.99. The van der Waals surface area contributed by atoms with Gasteiger partial charge in [-0.15, -0.1) is 0 Å². The summed E-state index contributed by atoms with van der Waals surface area (Å²) in [5.41, 5.74) is 8.89. The molecule has 2 N–H and O–H groups in total. The molecule has 0 saturated carbocycles. The molecule has 10 heteroatoms. The lowest BCUT2D eigenvalue weighted by Crippen LogP contribution is -2.24. The summed E-state index contributed by atoms with van der Waals surface area (Å²) in [6.45, 7) is 1.39. The smallest absolute Gasteiger partial charge is 0.271 e. The normalized spacial score (nSPS) is 15.4. The van der Waals surface area contributed by atoms with Crippen molar-refractivity contribution in [1.29, 1.82) is 0 Å². The van der Waals surface area contributed by atoms with Crippen LogP contribution in [0.3, 0.4) is 0 Å². The molecule has 40 heavy (non-hydrogen) atoms. The molecule has 0 atom stereocenters. The van der Waals surface area contributed by atoms with E-state index < -0.39 is 0 Å². The third-order valence-electron chi connectivity index (χ3n) is 6.70. The molecule has 3 aromatic rings. The number of nitrogens with zero attached hydrogens (tertiary/aromatic N) is 4. The lowest BCUT2D eigenvalue weighted by atomic mass is 10.1. The summed E-state index contributed by atoms with van der Waals surface area (Å²) in [5, 5.41) is 8.06. The molecule has 0 aliphatic carbocycles. The Morgan fingerprint density at radius 1 is 0.650 bits per heavy atom. The van der Waals surface area contributed by atoms with Crippen LogP contribution in [0.4, 0.5) is 11.4 Å². The van der Waals surface area contributed by atoms with Gasteiger partial charge in [-0.2, -0.15) is 10.2 Å². The van der Waals surface area contributed by atoms with Crippen LogP contribution >= 0.6 is 0 Å². The topological polar surface area (TPSA) is 124 Å². The molecular weight excluding hydrogens is 508 g/mol. The van der Waals surface area contributed by atoms with Crippen LogP contribution in [-0.4, -0.2) is 49.1 Å². The first-order chi connectivity index (χ1) is 19.5. The average Bonchev–Trinajstić information content (AvgIpc) is 3.61. The maximum absolute atomic E-state index is 12.4. The molecule has 2 aliphatic heterocycles. The molecule has 0 spiro atoms. The number of hydrogen-bond acceptors (Lipinski definition) is 6. The second-order valence-electron chi connectivity index (χ2n) is 9.46. The summed E-state index contributed by atoms with van der Waals surface area (Å²) >= 11 is 0. The zero-order chi connectivity index (χ0) is 27.9. The van der Waals surface area contributed by atoms with Crippen LogP contribution in [0.5, 0.6) is 0 Å². The Morgan fingerprint density at radius 3 is 1.45 bits per heavy atom. The fraction of sp³-hybridized carbons (Fsp3) is 0.200. The van der Waals surface area contributed by atoms with Crippen molar-refractivity contribution >= 4 is 47.4 Å². The number of benzene rings is 3. The van der Waals surface area contributed by atoms with E-state index in [-0.39, 0.29) is 23.6 Å². The fourth-order valence-corrected chi connectivity index (χ4v) is 4.61. The van der Waals surface area contributed by atoms with Crippen LogP contribution in [-0.2, 0) is 9.59 Å². The number of hydrogen-bond donors (Lipinski definition) is 2. The molecule has 2 fully saturated rings. The minimum absolute atomic E-state index is 0.0960. The van der Waals surface area contributed by atoms with Gasteiger partial charge in [0, 0.05) is 48.4 Å². The van der Waals surface area contributed by atoms with Gasteiger partial charge in [-0.1, -0.05) is 18.2 Å². The lowest BCUT2D eigenvalue weighted by molar-refractivity contribution is -0.117. The highest BCUT2D eigenvalue weighted by Gasteiger charge is 2.22. The van der Waals surface area contributed by atoms with Crippen molar-refractivity contribution in [1.82, 2.24) is 10.9 Å². The summed E-state index contributed by atoms with van der Waals surface area (Å²) in [6.07, 6.45) is 5.81. The van der Waals surface area contributed by atoms with Gasteiger partial charge in [0.2, 0.25) is 11.8 Å². The van der Waals surface area contributed by atoms with Crippen LogP contribution in [0, 0.1) is 0 Å². The molecule has 2 aliphatic rings. The molecule has 3 aromatic carbocycles. The van der Waals surface area contributed by atoms with Crippen molar-refractivity contribution in [3.05, 3.63) is 95.1 Å². The van der Waals surface area contributed by atoms with Gasteiger partial charge < -0.3 is 9.80 Å². The summed E-state index contributed by atoms with van der Waals surface area (Å²) in [6, 6.07) is 21.0. The molecule has 0 bridgehead atoms. The van der Waals surface area contributed by atoms with E-state index in [0.717, 1.165) is 35.3 Å². The van der Waals surface area contributed by atoms with Crippen LogP contribution in [0.15, 0.2) is 83.0 Å². The molecule has 0 radical (unpaired) electrons. The van der Waals surface area contributed by atoms with Crippen molar-refractivity contribution in [2.75, 3.05) is 22.9 Å².